The van der Waals surface area contributed by atoms with E-state index >= 15 is 0 Å². The number of hydrogen-bond donors (Lipinski definition) is 0. The molecule has 1 aliphatic rings. The van der Waals surface area contributed by atoms with Crippen LogP contribution in [-0.4, -0.2) is 0 Å². The Hall–Kier alpha value is -1.56. The highest BCUT2D eigenvalue weighted by molar-refractivity contribution is 5.45. The van der Waals surface area contributed by atoms with Gasteiger partial charge in [-0.15, -0.1) is 0 Å². The summed E-state index contributed by atoms with van der Waals surface area (Å²) in [5, 5.41) is 0. The average molecular weight is 306 g/mol. The summed E-state index contributed by atoms with van der Waals surface area (Å²) >= 11 is 0. The number of aryl methyl sites for hydroxylation is 2. The molecule has 1 aliphatic carbocycles. The maximum atomic E-state index is 2.45. The summed E-state index contributed by atoms with van der Waals surface area (Å²) in [5.41, 5.74) is 9.49. The second-order valence-electron chi connectivity index (χ2n) is 9.14. The van der Waals surface area contributed by atoms with Gasteiger partial charge in [-0.3, -0.25) is 0 Å². The normalized spacial score (nSPS) is 14.9. The molecule has 0 bridgehead atoms. The minimum atomic E-state index is 0.230. The van der Waals surface area contributed by atoms with E-state index in [2.05, 4.69) is 77.9 Å². The predicted molar refractivity (Wildman–Crippen MR) is 100 cm³/mol. The summed E-state index contributed by atoms with van der Waals surface area (Å²) in [6.45, 7) is 13.8. The summed E-state index contributed by atoms with van der Waals surface area (Å²) in [6, 6.07) is 14.3. The van der Waals surface area contributed by atoms with Gasteiger partial charge >= 0.3 is 0 Å². The van der Waals surface area contributed by atoms with Gasteiger partial charge in [0.15, 0.2) is 0 Å². The second kappa shape index (κ2) is 5.51. The monoisotopic (exact) mass is 306 g/mol. The van der Waals surface area contributed by atoms with Crippen molar-refractivity contribution in [1.29, 1.82) is 0 Å². The van der Waals surface area contributed by atoms with Crippen LogP contribution in [0.15, 0.2) is 36.4 Å². The van der Waals surface area contributed by atoms with Crippen LogP contribution in [0.4, 0.5) is 0 Å². The topological polar surface area (TPSA) is 0 Å². The van der Waals surface area contributed by atoms with E-state index in [0.29, 0.717) is 0 Å². The number of fused-ring (bicyclic) bond motifs is 2. The van der Waals surface area contributed by atoms with E-state index in [0.717, 1.165) is 6.42 Å². The Bertz CT molecular complexity index is 657. The van der Waals surface area contributed by atoms with Crippen molar-refractivity contribution >= 4 is 0 Å². The van der Waals surface area contributed by atoms with E-state index < -0.39 is 0 Å². The first-order valence-corrected chi connectivity index (χ1v) is 8.89. The van der Waals surface area contributed by atoms with Crippen molar-refractivity contribution < 1.29 is 0 Å². The molecule has 0 radical (unpaired) electrons. The van der Waals surface area contributed by atoms with Gasteiger partial charge in [-0.1, -0.05) is 77.9 Å². The van der Waals surface area contributed by atoms with Crippen LogP contribution < -0.4 is 0 Å². The molecule has 3 rings (SSSR count). The van der Waals surface area contributed by atoms with Gasteiger partial charge in [-0.25, -0.2) is 0 Å². The van der Waals surface area contributed by atoms with Crippen LogP contribution in [0.5, 0.6) is 0 Å². The summed E-state index contributed by atoms with van der Waals surface area (Å²) in [4.78, 5) is 0. The maximum absolute atomic E-state index is 2.45. The Morgan fingerprint density at radius 1 is 0.565 bits per heavy atom. The van der Waals surface area contributed by atoms with Crippen LogP contribution >= 0.6 is 0 Å². The van der Waals surface area contributed by atoms with Crippen molar-refractivity contribution in [3.05, 3.63) is 69.8 Å². The van der Waals surface area contributed by atoms with Crippen molar-refractivity contribution in [1.82, 2.24) is 0 Å². The Morgan fingerprint density at radius 2 is 0.957 bits per heavy atom. The molecule has 0 saturated heterocycles. The fourth-order valence-corrected chi connectivity index (χ4v) is 3.47. The van der Waals surface area contributed by atoms with Crippen LogP contribution in [0.1, 0.15) is 74.9 Å². The zero-order valence-corrected chi connectivity index (χ0v) is 15.6. The first kappa shape index (κ1) is 16.3. The molecule has 0 heteroatoms. The standard InChI is InChI=1S/C23H30/c1-22(2,3)20-11-9-16-13-17-10-12-21(23(4,5)6)15-19(17)8-7-18(16)14-20/h9-12,14-15H,7-8,13H2,1-6H3. The molecule has 0 atom stereocenters. The van der Waals surface area contributed by atoms with Crippen molar-refractivity contribution in [2.45, 2.75) is 71.6 Å². The molecule has 0 amide bonds. The smallest absolute Gasteiger partial charge is 0.00203 e. The van der Waals surface area contributed by atoms with Crippen molar-refractivity contribution in [2.24, 2.45) is 0 Å². The van der Waals surface area contributed by atoms with E-state index in [1.165, 1.54) is 35.1 Å². The molecule has 0 nitrogen and oxygen atoms in total. The lowest BCUT2D eigenvalue weighted by Gasteiger charge is -2.21. The first-order valence-electron chi connectivity index (χ1n) is 8.89. The minimum Gasteiger partial charge on any atom is -0.0582 e. The predicted octanol–water partition coefficient (Wildman–Crippen LogP) is 5.97. The Balaban J connectivity index is 1.97. The van der Waals surface area contributed by atoms with E-state index in [-0.39, 0.29) is 10.8 Å². The Kier molecular flexibility index (Phi) is 3.91. The third-order valence-corrected chi connectivity index (χ3v) is 5.19. The Morgan fingerprint density at radius 3 is 1.30 bits per heavy atom. The maximum Gasteiger partial charge on any atom is -0.00203 e. The molecule has 2 aromatic carbocycles. The molecule has 0 fully saturated rings. The SMILES string of the molecule is CC(C)(C)c1ccc2c(c1)CCc1cc(C(C)(C)C)ccc1C2. The zero-order chi connectivity index (χ0) is 16.8. The van der Waals surface area contributed by atoms with Gasteiger partial charge < -0.3 is 0 Å². The van der Waals surface area contributed by atoms with Gasteiger partial charge in [0.2, 0.25) is 0 Å². The first-order chi connectivity index (χ1) is 10.6. The van der Waals surface area contributed by atoms with Gasteiger partial charge in [0.25, 0.3) is 0 Å². The fraction of sp³-hybridized carbons (Fsp3) is 0.478. The number of hydrogen-bond acceptors (Lipinski definition) is 0. The lowest BCUT2D eigenvalue weighted by atomic mass is 9.84. The van der Waals surface area contributed by atoms with Gasteiger partial charge in [0.05, 0.1) is 0 Å². The summed E-state index contributed by atoms with van der Waals surface area (Å²) in [6.07, 6.45) is 3.42. The zero-order valence-electron chi connectivity index (χ0n) is 15.6. The van der Waals surface area contributed by atoms with E-state index in [1.807, 2.05) is 0 Å². The fourth-order valence-electron chi connectivity index (χ4n) is 3.47. The molecular formula is C23H30. The molecule has 2 aromatic rings. The van der Waals surface area contributed by atoms with Crippen molar-refractivity contribution in [2.75, 3.05) is 0 Å². The van der Waals surface area contributed by atoms with Crippen LogP contribution in [0.3, 0.4) is 0 Å². The second-order valence-corrected chi connectivity index (χ2v) is 9.14. The van der Waals surface area contributed by atoms with Crippen LogP contribution in [0.2, 0.25) is 0 Å². The third kappa shape index (κ3) is 3.37. The molecule has 0 aromatic heterocycles. The molecule has 0 aliphatic heterocycles. The number of benzene rings is 2. The number of rotatable bonds is 0. The molecule has 0 unspecified atom stereocenters. The molecule has 0 N–H and O–H groups in total. The lowest BCUT2D eigenvalue weighted by Crippen LogP contribution is -2.12. The largest absolute Gasteiger partial charge is 0.0582 e. The molecule has 122 valence electrons. The van der Waals surface area contributed by atoms with Gasteiger partial charge in [0.1, 0.15) is 0 Å². The quantitative estimate of drug-likeness (QED) is 0.562. The highest BCUT2D eigenvalue weighted by Crippen LogP contribution is 2.31. The van der Waals surface area contributed by atoms with E-state index in [1.54, 1.807) is 11.1 Å². The molecule has 0 spiro atoms. The van der Waals surface area contributed by atoms with Crippen LogP contribution in [0, 0.1) is 0 Å². The van der Waals surface area contributed by atoms with Gasteiger partial charge in [-0.2, -0.15) is 0 Å². The van der Waals surface area contributed by atoms with Crippen molar-refractivity contribution in [3.8, 4) is 0 Å². The summed E-state index contributed by atoms with van der Waals surface area (Å²) in [5.74, 6) is 0. The lowest BCUT2D eigenvalue weighted by molar-refractivity contribution is 0.588. The summed E-state index contributed by atoms with van der Waals surface area (Å²) < 4.78 is 0. The van der Waals surface area contributed by atoms with Crippen LogP contribution in [0.25, 0.3) is 0 Å². The molecule has 0 saturated carbocycles. The van der Waals surface area contributed by atoms with Gasteiger partial charge in [0, 0.05) is 0 Å². The summed E-state index contributed by atoms with van der Waals surface area (Å²) in [7, 11) is 0. The van der Waals surface area contributed by atoms with Gasteiger partial charge in [-0.05, 0) is 63.5 Å². The highest BCUT2D eigenvalue weighted by Gasteiger charge is 2.20. The molecular weight excluding hydrogens is 276 g/mol. The minimum absolute atomic E-state index is 0.230. The Labute approximate surface area is 141 Å². The highest BCUT2D eigenvalue weighted by atomic mass is 14.2. The van der Waals surface area contributed by atoms with E-state index in [9.17, 15) is 0 Å². The molecule has 23 heavy (non-hydrogen) atoms. The molecule has 0 heterocycles. The van der Waals surface area contributed by atoms with Crippen LogP contribution in [-0.2, 0) is 30.1 Å². The third-order valence-electron chi connectivity index (χ3n) is 5.19. The van der Waals surface area contributed by atoms with E-state index in [4.69, 9.17) is 0 Å². The average Bonchev–Trinajstić information content (AvgIpc) is 2.62. The van der Waals surface area contributed by atoms with Crippen molar-refractivity contribution in [3.63, 3.8) is 0 Å².